The minimum absolute atomic E-state index is 0.0177. The van der Waals surface area contributed by atoms with E-state index in [9.17, 15) is 19.1 Å². The summed E-state index contributed by atoms with van der Waals surface area (Å²) in [5, 5.41) is 10.4. The summed E-state index contributed by atoms with van der Waals surface area (Å²) in [6, 6.07) is 3.38. The number of phenols is 1. The SMILES string of the molecule is C=CC(=O)N1CCN2C(=O)c3c(N4CCOC[C@@H]4C)nc(-c4c(O)cccc4F)c(Cl)c3OC[C@H]2C1. The molecule has 2 atom stereocenters. The lowest BCUT2D eigenvalue weighted by atomic mass is 10.0. The van der Waals surface area contributed by atoms with Gasteiger partial charge in [0.15, 0.2) is 5.75 Å². The van der Waals surface area contributed by atoms with Gasteiger partial charge in [-0.3, -0.25) is 9.59 Å². The summed E-state index contributed by atoms with van der Waals surface area (Å²) in [5.41, 5.74) is -0.0107. The molecule has 2 amide bonds. The van der Waals surface area contributed by atoms with Crippen LogP contribution in [0.4, 0.5) is 10.2 Å². The quantitative estimate of drug-likeness (QED) is 0.627. The number of halogens is 2. The minimum atomic E-state index is -0.707. The molecule has 3 aliphatic rings. The van der Waals surface area contributed by atoms with Crippen molar-refractivity contribution in [3.8, 4) is 22.8 Å². The number of morpholine rings is 1. The van der Waals surface area contributed by atoms with Crippen molar-refractivity contribution in [3.63, 3.8) is 0 Å². The van der Waals surface area contributed by atoms with Gasteiger partial charge < -0.3 is 29.3 Å². The largest absolute Gasteiger partial charge is 0.507 e. The van der Waals surface area contributed by atoms with Crippen molar-refractivity contribution in [2.45, 2.75) is 19.0 Å². The number of aromatic hydroxyl groups is 1. The molecule has 0 spiro atoms. The number of amides is 2. The molecule has 1 N–H and O–H groups in total. The molecule has 2 saturated heterocycles. The lowest BCUT2D eigenvalue weighted by molar-refractivity contribution is -0.128. The summed E-state index contributed by atoms with van der Waals surface area (Å²) in [4.78, 5) is 36.0. The number of carbonyl (C=O) groups is 2. The summed E-state index contributed by atoms with van der Waals surface area (Å²) >= 11 is 6.73. The molecule has 2 fully saturated rings. The van der Waals surface area contributed by atoms with Crippen LogP contribution in [0.1, 0.15) is 17.3 Å². The predicted octanol–water partition coefficient (Wildman–Crippen LogP) is 2.70. The van der Waals surface area contributed by atoms with Gasteiger partial charge >= 0.3 is 0 Å². The Morgan fingerprint density at radius 2 is 2.06 bits per heavy atom. The van der Waals surface area contributed by atoms with Gasteiger partial charge in [0.1, 0.15) is 40.3 Å². The van der Waals surface area contributed by atoms with E-state index >= 15 is 0 Å². The van der Waals surface area contributed by atoms with E-state index in [1.54, 1.807) is 9.80 Å². The zero-order valence-electron chi connectivity index (χ0n) is 19.7. The van der Waals surface area contributed by atoms with Crippen LogP contribution in [0.2, 0.25) is 5.02 Å². The van der Waals surface area contributed by atoms with Crippen LogP contribution in [0.25, 0.3) is 11.3 Å². The number of benzene rings is 1. The van der Waals surface area contributed by atoms with Crippen molar-refractivity contribution in [2.75, 3.05) is 50.9 Å². The molecule has 9 nitrogen and oxygen atoms in total. The summed E-state index contributed by atoms with van der Waals surface area (Å²) in [7, 11) is 0. The summed E-state index contributed by atoms with van der Waals surface area (Å²) in [6.45, 7) is 7.78. The van der Waals surface area contributed by atoms with Crippen molar-refractivity contribution in [1.82, 2.24) is 14.8 Å². The number of carbonyl (C=O) groups excluding carboxylic acids is 2. The zero-order chi connectivity index (χ0) is 25.6. The number of hydrogen-bond donors (Lipinski definition) is 1. The summed E-state index contributed by atoms with van der Waals surface area (Å²) in [6.07, 6.45) is 1.25. The smallest absolute Gasteiger partial charge is 0.261 e. The molecular weight excluding hydrogens is 491 g/mol. The fourth-order valence-electron chi connectivity index (χ4n) is 4.94. The van der Waals surface area contributed by atoms with Crippen LogP contribution in [-0.2, 0) is 9.53 Å². The van der Waals surface area contributed by atoms with Gasteiger partial charge in [-0.2, -0.15) is 0 Å². The Kier molecular flexibility index (Phi) is 6.48. The zero-order valence-corrected chi connectivity index (χ0v) is 20.5. The van der Waals surface area contributed by atoms with E-state index in [1.807, 2.05) is 11.8 Å². The van der Waals surface area contributed by atoms with E-state index in [-0.39, 0.29) is 70.2 Å². The molecule has 2 aromatic rings. The monoisotopic (exact) mass is 516 g/mol. The van der Waals surface area contributed by atoms with Crippen molar-refractivity contribution < 1.29 is 28.6 Å². The second-order valence-corrected chi connectivity index (χ2v) is 9.38. The van der Waals surface area contributed by atoms with Gasteiger partial charge in [0.05, 0.1) is 30.9 Å². The first-order chi connectivity index (χ1) is 17.3. The van der Waals surface area contributed by atoms with E-state index in [0.29, 0.717) is 32.8 Å². The van der Waals surface area contributed by atoms with Crippen LogP contribution in [-0.4, -0.2) is 89.8 Å². The molecule has 0 aliphatic carbocycles. The highest BCUT2D eigenvalue weighted by Crippen LogP contribution is 2.46. The lowest BCUT2D eigenvalue weighted by Crippen LogP contribution is -2.57. The second-order valence-electron chi connectivity index (χ2n) is 9.01. The Hall–Kier alpha value is -3.37. The normalized spacial score (nSPS) is 21.9. The van der Waals surface area contributed by atoms with Gasteiger partial charge in [-0.05, 0) is 25.1 Å². The van der Waals surface area contributed by atoms with E-state index in [2.05, 4.69) is 11.6 Å². The van der Waals surface area contributed by atoms with E-state index in [0.717, 1.165) is 0 Å². The van der Waals surface area contributed by atoms with Crippen LogP contribution in [0.5, 0.6) is 11.5 Å². The third kappa shape index (κ3) is 4.04. The van der Waals surface area contributed by atoms with Crippen LogP contribution in [0.15, 0.2) is 30.9 Å². The van der Waals surface area contributed by atoms with E-state index in [4.69, 9.17) is 21.1 Å². The van der Waals surface area contributed by atoms with Gasteiger partial charge in [0.2, 0.25) is 5.91 Å². The van der Waals surface area contributed by atoms with Crippen LogP contribution < -0.4 is 9.64 Å². The highest BCUT2D eigenvalue weighted by atomic mass is 35.5. The molecule has 0 saturated carbocycles. The average Bonchev–Trinajstić information content (AvgIpc) is 3.02. The number of fused-ring (bicyclic) bond motifs is 2. The van der Waals surface area contributed by atoms with Gasteiger partial charge in [-0.25, -0.2) is 9.37 Å². The first-order valence-corrected chi connectivity index (χ1v) is 12.1. The minimum Gasteiger partial charge on any atom is -0.507 e. The number of anilines is 1. The Bertz CT molecular complexity index is 1220. The number of hydrogen-bond acceptors (Lipinski definition) is 7. The number of nitrogens with zero attached hydrogens (tertiary/aromatic N) is 4. The fraction of sp³-hybridized carbons (Fsp3) is 0.400. The molecule has 3 aliphatic heterocycles. The number of ether oxygens (including phenoxy) is 2. The molecule has 5 rings (SSSR count). The lowest BCUT2D eigenvalue weighted by Gasteiger charge is -2.40. The molecule has 0 radical (unpaired) electrons. The predicted molar refractivity (Wildman–Crippen MR) is 131 cm³/mol. The standard InChI is InChI=1S/C25H26ClFN4O5/c1-3-18(33)29-7-8-31-15(11-29)13-36-23-20(25(31)34)24(30-9-10-35-12-14(30)2)28-22(21(23)26)19-16(27)5-4-6-17(19)32/h3-6,14-15,32H,1,7-13H2,2H3/t14-,15+/m0/s1. The molecule has 1 aromatic carbocycles. The molecule has 11 heteroatoms. The number of aromatic nitrogens is 1. The highest BCUT2D eigenvalue weighted by Gasteiger charge is 2.41. The van der Waals surface area contributed by atoms with Crippen molar-refractivity contribution in [2.24, 2.45) is 0 Å². The third-order valence-electron chi connectivity index (χ3n) is 6.81. The number of piperazine rings is 1. The Morgan fingerprint density at radius 1 is 1.25 bits per heavy atom. The van der Waals surface area contributed by atoms with Crippen LogP contribution in [0, 0.1) is 5.82 Å². The van der Waals surface area contributed by atoms with Crippen molar-refractivity contribution >= 4 is 29.2 Å². The topological polar surface area (TPSA) is 95.4 Å². The van der Waals surface area contributed by atoms with Crippen molar-refractivity contribution in [1.29, 1.82) is 0 Å². The van der Waals surface area contributed by atoms with Gasteiger partial charge in [-0.15, -0.1) is 0 Å². The van der Waals surface area contributed by atoms with Gasteiger partial charge in [0.25, 0.3) is 5.91 Å². The third-order valence-corrected chi connectivity index (χ3v) is 7.16. The molecule has 0 bridgehead atoms. The summed E-state index contributed by atoms with van der Waals surface area (Å²) in [5.74, 6) is -1.21. The first kappa shape index (κ1) is 24.3. The number of rotatable bonds is 3. The maximum atomic E-state index is 14.9. The Balaban J connectivity index is 1.67. The Labute approximate surface area is 212 Å². The molecule has 1 aromatic heterocycles. The van der Waals surface area contributed by atoms with Gasteiger partial charge in [0, 0.05) is 26.2 Å². The molecule has 190 valence electrons. The van der Waals surface area contributed by atoms with Crippen LogP contribution >= 0.6 is 11.6 Å². The van der Waals surface area contributed by atoms with E-state index < -0.39 is 11.9 Å². The molecular formula is C25H26ClFN4O5. The molecule has 4 heterocycles. The molecule has 36 heavy (non-hydrogen) atoms. The Morgan fingerprint density at radius 3 is 2.78 bits per heavy atom. The number of pyridine rings is 1. The maximum Gasteiger partial charge on any atom is 0.261 e. The second kappa shape index (κ2) is 9.59. The molecule has 0 unspecified atom stereocenters. The maximum absolute atomic E-state index is 14.9. The van der Waals surface area contributed by atoms with Gasteiger partial charge in [-0.1, -0.05) is 24.2 Å². The van der Waals surface area contributed by atoms with Crippen molar-refractivity contribution in [3.05, 3.63) is 47.3 Å². The average molecular weight is 517 g/mol. The first-order valence-electron chi connectivity index (χ1n) is 11.7. The fourth-order valence-corrected chi connectivity index (χ4v) is 5.22. The van der Waals surface area contributed by atoms with Crippen LogP contribution in [0.3, 0.4) is 0 Å². The highest BCUT2D eigenvalue weighted by molar-refractivity contribution is 6.35. The summed E-state index contributed by atoms with van der Waals surface area (Å²) < 4.78 is 26.6. The number of phenolic OH excluding ortho intramolecular Hbond substituents is 1. The van der Waals surface area contributed by atoms with E-state index in [1.165, 1.54) is 24.3 Å².